The predicted octanol–water partition coefficient (Wildman–Crippen LogP) is 1.73. The third kappa shape index (κ3) is 3.49. The average molecular weight is 212 g/mol. The highest BCUT2D eigenvalue weighted by molar-refractivity contribution is 5.75. The second-order valence-corrected chi connectivity index (χ2v) is 4.45. The SMILES string of the molecule is CCCC(=O)N(C)CC1CCCN1CC. The maximum absolute atomic E-state index is 11.6. The number of carbonyl (C=O) groups excluding carboxylic acids is 1. The van der Waals surface area contributed by atoms with Gasteiger partial charge in [0.1, 0.15) is 0 Å². The fourth-order valence-electron chi connectivity index (χ4n) is 2.34. The lowest BCUT2D eigenvalue weighted by molar-refractivity contribution is -0.130. The van der Waals surface area contributed by atoms with Gasteiger partial charge < -0.3 is 4.90 Å². The number of hydrogen-bond donors (Lipinski definition) is 0. The molecule has 15 heavy (non-hydrogen) atoms. The summed E-state index contributed by atoms with van der Waals surface area (Å²) in [6.45, 7) is 7.48. The Morgan fingerprint density at radius 1 is 1.47 bits per heavy atom. The molecule has 0 saturated carbocycles. The van der Waals surface area contributed by atoms with Crippen molar-refractivity contribution in [2.24, 2.45) is 0 Å². The molecule has 0 spiro atoms. The molecule has 3 heteroatoms. The van der Waals surface area contributed by atoms with Gasteiger partial charge in [-0.15, -0.1) is 0 Å². The molecule has 1 rings (SSSR count). The van der Waals surface area contributed by atoms with Crippen molar-refractivity contribution in [3.8, 4) is 0 Å². The Labute approximate surface area is 93.4 Å². The van der Waals surface area contributed by atoms with E-state index >= 15 is 0 Å². The molecule has 1 aliphatic heterocycles. The summed E-state index contributed by atoms with van der Waals surface area (Å²) in [6, 6.07) is 0.598. The summed E-state index contributed by atoms with van der Waals surface area (Å²) < 4.78 is 0. The molecule has 88 valence electrons. The highest BCUT2D eigenvalue weighted by Crippen LogP contribution is 2.17. The van der Waals surface area contributed by atoms with E-state index in [1.54, 1.807) is 0 Å². The van der Waals surface area contributed by atoms with E-state index in [4.69, 9.17) is 0 Å². The number of likely N-dealkylation sites (tertiary alicyclic amines) is 1. The number of amides is 1. The van der Waals surface area contributed by atoms with Gasteiger partial charge in [0.25, 0.3) is 0 Å². The Morgan fingerprint density at radius 2 is 2.20 bits per heavy atom. The molecule has 3 nitrogen and oxygen atoms in total. The molecule has 1 aliphatic rings. The summed E-state index contributed by atoms with van der Waals surface area (Å²) in [5.41, 5.74) is 0. The fraction of sp³-hybridized carbons (Fsp3) is 0.917. The Morgan fingerprint density at radius 3 is 2.80 bits per heavy atom. The van der Waals surface area contributed by atoms with Crippen LogP contribution in [-0.4, -0.2) is 48.4 Å². The molecule has 0 aliphatic carbocycles. The van der Waals surface area contributed by atoms with E-state index in [0.29, 0.717) is 18.4 Å². The standard InChI is InChI=1S/C12H24N2O/c1-4-7-12(15)13(3)10-11-8-6-9-14(11)5-2/h11H,4-10H2,1-3H3. The van der Waals surface area contributed by atoms with E-state index in [0.717, 1.165) is 19.5 Å². The van der Waals surface area contributed by atoms with Crippen LogP contribution in [0.1, 0.15) is 39.5 Å². The topological polar surface area (TPSA) is 23.6 Å². The Bertz CT molecular complexity index is 206. The van der Waals surface area contributed by atoms with Gasteiger partial charge >= 0.3 is 0 Å². The molecule has 0 aromatic rings. The fourth-order valence-corrected chi connectivity index (χ4v) is 2.34. The predicted molar refractivity (Wildman–Crippen MR) is 62.8 cm³/mol. The molecule has 0 aromatic carbocycles. The minimum Gasteiger partial charge on any atom is -0.344 e. The minimum atomic E-state index is 0.292. The van der Waals surface area contributed by atoms with E-state index in [9.17, 15) is 4.79 Å². The minimum absolute atomic E-state index is 0.292. The number of nitrogens with zero attached hydrogens (tertiary/aromatic N) is 2. The normalized spacial score (nSPS) is 21.9. The van der Waals surface area contributed by atoms with E-state index < -0.39 is 0 Å². The smallest absolute Gasteiger partial charge is 0.222 e. The largest absolute Gasteiger partial charge is 0.344 e. The van der Waals surface area contributed by atoms with Crippen molar-refractivity contribution in [2.75, 3.05) is 26.7 Å². The van der Waals surface area contributed by atoms with Gasteiger partial charge in [0.15, 0.2) is 0 Å². The van der Waals surface area contributed by atoms with Crippen molar-refractivity contribution >= 4 is 5.91 Å². The first kappa shape index (κ1) is 12.5. The van der Waals surface area contributed by atoms with Crippen molar-refractivity contribution in [2.45, 2.75) is 45.6 Å². The van der Waals surface area contributed by atoms with Crippen molar-refractivity contribution in [1.29, 1.82) is 0 Å². The summed E-state index contributed by atoms with van der Waals surface area (Å²) in [5.74, 6) is 0.292. The van der Waals surface area contributed by atoms with E-state index in [2.05, 4.69) is 18.7 Å². The zero-order chi connectivity index (χ0) is 11.3. The zero-order valence-electron chi connectivity index (χ0n) is 10.3. The second-order valence-electron chi connectivity index (χ2n) is 4.45. The van der Waals surface area contributed by atoms with Crippen LogP contribution in [0.25, 0.3) is 0 Å². The first-order valence-corrected chi connectivity index (χ1v) is 6.17. The van der Waals surface area contributed by atoms with Gasteiger partial charge in [0.05, 0.1) is 0 Å². The van der Waals surface area contributed by atoms with Crippen molar-refractivity contribution in [1.82, 2.24) is 9.80 Å². The van der Waals surface area contributed by atoms with Crippen LogP contribution >= 0.6 is 0 Å². The maximum atomic E-state index is 11.6. The van der Waals surface area contributed by atoms with Crippen molar-refractivity contribution < 1.29 is 4.79 Å². The number of rotatable bonds is 5. The first-order chi connectivity index (χ1) is 7.19. The number of hydrogen-bond acceptors (Lipinski definition) is 2. The van der Waals surface area contributed by atoms with E-state index in [1.165, 1.54) is 19.4 Å². The van der Waals surface area contributed by atoms with E-state index in [-0.39, 0.29) is 0 Å². The Kier molecular flexibility index (Phi) is 5.09. The first-order valence-electron chi connectivity index (χ1n) is 6.17. The summed E-state index contributed by atoms with van der Waals surface area (Å²) in [7, 11) is 1.93. The Hall–Kier alpha value is -0.570. The molecule has 0 aromatic heterocycles. The molecule has 1 atom stereocenters. The summed E-state index contributed by atoms with van der Waals surface area (Å²) in [5, 5.41) is 0. The quantitative estimate of drug-likeness (QED) is 0.693. The molecule has 1 heterocycles. The van der Waals surface area contributed by atoms with Gasteiger partial charge in [-0.05, 0) is 32.4 Å². The van der Waals surface area contributed by atoms with Gasteiger partial charge in [-0.25, -0.2) is 0 Å². The molecule has 0 bridgehead atoms. The summed E-state index contributed by atoms with van der Waals surface area (Å²) >= 11 is 0. The molecule has 1 unspecified atom stereocenters. The van der Waals surface area contributed by atoms with Gasteiger partial charge in [-0.3, -0.25) is 9.69 Å². The lowest BCUT2D eigenvalue weighted by atomic mass is 10.2. The number of likely N-dealkylation sites (N-methyl/N-ethyl adjacent to an activating group) is 2. The molecular formula is C12H24N2O. The monoisotopic (exact) mass is 212 g/mol. The van der Waals surface area contributed by atoms with Crippen LogP contribution in [0.4, 0.5) is 0 Å². The van der Waals surface area contributed by atoms with Crippen molar-refractivity contribution in [3.63, 3.8) is 0 Å². The lowest BCUT2D eigenvalue weighted by Crippen LogP contribution is -2.41. The van der Waals surface area contributed by atoms with Gasteiger partial charge in [0.2, 0.25) is 5.91 Å². The highest BCUT2D eigenvalue weighted by atomic mass is 16.2. The van der Waals surface area contributed by atoms with E-state index in [1.807, 2.05) is 11.9 Å². The maximum Gasteiger partial charge on any atom is 0.222 e. The second kappa shape index (κ2) is 6.11. The van der Waals surface area contributed by atoms with Gasteiger partial charge in [0, 0.05) is 26.1 Å². The van der Waals surface area contributed by atoms with Crippen LogP contribution in [0.3, 0.4) is 0 Å². The molecule has 0 radical (unpaired) electrons. The van der Waals surface area contributed by atoms with Gasteiger partial charge in [-0.1, -0.05) is 13.8 Å². The third-order valence-corrected chi connectivity index (χ3v) is 3.28. The van der Waals surface area contributed by atoms with Crippen LogP contribution in [0.2, 0.25) is 0 Å². The van der Waals surface area contributed by atoms with Gasteiger partial charge in [-0.2, -0.15) is 0 Å². The number of carbonyl (C=O) groups is 1. The molecular weight excluding hydrogens is 188 g/mol. The molecule has 1 fully saturated rings. The van der Waals surface area contributed by atoms with Crippen LogP contribution in [0, 0.1) is 0 Å². The highest BCUT2D eigenvalue weighted by Gasteiger charge is 2.25. The van der Waals surface area contributed by atoms with Crippen LogP contribution in [-0.2, 0) is 4.79 Å². The van der Waals surface area contributed by atoms with Crippen LogP contribution in [0.15, 0.2) is 0 Å². The van der Waals surface area contributed by atoms with Crippen molar-refractivity contribution in [3.05, 3.63) is 0 Å². The molecule has 1 amide bonds. The zero-order valence-corrected chi connectivity index (χ0v) is 10.3. The average Bonchev–Trinajstić information content (AvgIpc) is 2.65. The third-order valence-electron chi connectivity index (χ3n) is 3.28. The molecule has 0 N–H and O–H groups in total. The Balaban J connectivity index is 2.36. The molecule has 1 saturated heterocycles. The lowest BCUT2D eigenvalue weighted by Gasteiger charge is -2.27. The summed E-state index contributed by atoms with van der Waals surface area (Å²) in [4.78, 5) is 16.0. The van der Waals surface area contributed by atoms with Crippen LogP contribution < -0.4 is 0 Å². The summed E-state index contributed by atoms with van der Waals surface area (Å²) in [6.07, 6.45) is 4.17. The van der Waals surface area contributed by atoms with Crippen LogP contribution in [0.5, 0.6) is 0 Å².